The molecular weight excluding hydrogens is 214 g/mol. The van der Waals surface area contributed by atoms with Gasteiger partial charge in [-0.1, -0.05) is 11.6 Å². The van der Waals surface area contributed by atoms with E-state index in [1.165, 1.54) is 5.56 Å². The summed E-state index contributed by atoms with van der Waals surface area (Å²) in [6, 6.07) is 5.97. The van der Waals surface area contributed by atoms with Crippen LogP contribution in [0.5, 0.6) is 11.5 Å². The number of nitrogens with one attached hydrogen (secondary N) is 1. The van der Waals surface area contributed by atoms with Crippen LogP contribution in [0.1, 0.15) is 18.9 Å². The van der Waals surface area contributed by atoms with Gasteiger partial charge in [0.05, 0.1) is 13.7 Å². The van der Waals surface area contributed by atoms with Crippen molar-refractivity contribution in [3.05, 3.63) is 35.9 Å². The smallest absolute Gasteiger partial charge is 0.161 e. The molecule has 0 atom stereocenters. The molecular formula is C14H21NO2. The average Bonchev–Trinajstić information content (AvgIpc) is 2.29. The topological polar surface area (TPSA) is 30.5 Å². The molecule has 0 aliphatic rings. The second-order valence-electron chi connectivity index (χ2n) is 4.07. The maximum Gasteiger partial charge on any atom is 0.161 e. The molecule has 3 heteroatoms. The number of hydrogen-bond donors (Lipinski definition) is 1. The lowest BCUT2D eigenvalue weighted by Crippen LogP contribution is -2.06. The van der Waals surface area contributed by atoms with Crippen LogP contribution in [0.2, 0.25) is 0 Å². The quantitative estimate of drug-likeness (QED) is 0.737. The van der Waals surface area contributed by atoms with Crippen LogP contribution >= 0.6 is 0 Å². The van der Waals surface area contributed by atoms with E-state index in [-0.39, 0.29) is 0 Å². The summed E-state index contributed by atoms with van der Waals surface area (Å²) in [6.45, 7) is 7.31. The fourth-order valence-corrected chi connectivity index (χ4v) is 1.48. The van der Waals surface area contributed by atoms with Gasteiger partial charge < -0.3 is 14.8 Å². The normalized spacial score (nSPS) is 10.1. The molecule has 0 aliphatic heterocycles. The molecule has 0 radical (unpaired) electrons. The van der Waals surface area contributed by atoms with Gasteiger partial charge >= 0.3 is 0 Å². The molecule has 94 valence electrons. The molecule has 17 heavy (non-hydrogen) atoms. The van der Waals surface area contributed by atoms with Gasteiger partial charge in [-0.3, -0.25) is 0 Å². The van der Waals surface area contributed by atoms with E-state index in [1.54, 1.807) is 7.11 Å². The Morgan fingerprint density at radius 2 is 2.12 bits per heavy atom. The standard InChI is InChI=1S/C14H21NO2/c1-11(2)7-8-17-14-9-12(10-15-3)5-6-13(14)16-4/h5-6,9,15H,1,7-8,10H2,2-4H3. The van der Waals surface area contributed by atoms with Crippen LogP contribution in [-0.4, -0.2) is 20.8 Å². The van der Waals surface area contributed by atoms with Gasteiger partial charge in [-0.25, -0.2) is 0 Å². The van der Waals surface area contributed by atoms with E-state index in [4.69, 9.17) is 9.47 Å². The lowest BCUT2D eigenvalue weighted by Gasteiger charge is -2.12. The van der Waals surface area contributed by atoms with Crippen molar-refractivity contribution >= 4 is 0 Å². The number of rotatable bonds is 7. The van der Waals surface area contributed by atoms with E-state index in [9.17, 15) is 0 Å². The highest BCUT2D eigenvalue weighted by atomic mass is 16.5. The van der Waals surface area contributed by atoms with E-state index >= 15 is 0 Å². The molecule has 0 fully saturated rings. The number of ether oxygens (including phenoxy) is 2. The van der Waals surface area contributed by atoms with Crippen LogP contribution in [-0.2, 0) is 6.54 Å². The van der Waals surface area contributed by atoms with Gasteiger partial charge in [-0.05, 0) is 31.7 Å². The summed E-state index contributed by atoms with van der Waals surface area (Å²) in [4.78, 5) is 0. The van der Waals surface area contributed by atoms with Crippen molar-refractivity contribution < 1.29 is 9.47 Å². The van der Waals surface area contributed by atoms with Crippen molar-refractivity contribution in [2.75, 3.05) is 20.8 Å². The van der Waals surface area contributed by atoms with Crippen LogP contribution in [0, 0.1) is 0 Å². The molecule has 0 aliphatic carbocycles. The highest BCUT2D eigenvalue weighted by Gasteiger charge is 2.05. The predicted octanol–water partition coefficient (Wildman–Crippen LogP) is 2.76. The maximum absolute atomic E-state index is 5.71. The summed E-state index contributed by atoms with van der Waals surface area (Å²) in [5.41, 5.74) is 2.30. The van der Waals surface area contributed by atoms with Gasteiger partial charge in [0.2, 0.25) is 0 Å². The molecule has 1 aromatic carbocycles. The molecule has 3 nitrogen and oxygen atoms in total. The van der Waals surface area contributed by atoms with Crippen LogP contribution in [0.25, 0.3) is 0 Å². The van der Waals surface area contributed by atoms with Gasteiger partial charge in [0.15, 0.2) is 11.5 Å². The van der Waals surface area contributed by atoms with E-state index in [2.05, 4.69) is 11.9 Å². The molecule has 0 heterocycles. The molecule has 0 saturated carbocycles. The summed E-state index contributed by atoms with van der Waals surface area (Å²) in [5, 5.41) is 3.11. The Morgan fingerprint density at radius 1 is 1.35 bits per heavy atom. The molecule has 0 saturated heterocycles. The third-order valence-corrected chi connectivity index (χ3v) is 2.40. The first-order valence-corrected chi connectivity index (χ1v) is 5.76. The third kappa shape index (κ3) is 4.49. The first-order valence-electron chi connectivity index (χ1n) is 5.76. The van der Waals surface area contributed by atoms with Gasteiger partial charge in [-0.2, -0.15) is 0 Å². The Kier molecular flexibility index (Phi) is 5.57. The molecule has 0 bridgehead atoms. The summed E-state index contributed by atoms with van der Waals surface area (Å²) < 4.78 is 11.0. The average molecular weight is 235 g/mol. The summed E-state index contributed by atoms with van der Waals surface area (Å²) in [6.07, 6.45) is 0.861. The minimum atomic E-state index is 0.634. The van der Waals surface area contributed by atoms with E-state index in [1.807, 2.05) is 32.2 Å². The Hall–Kier alpha value is -1.48. The molecule has 0 unspecified atom stereocenters. The monoisotopic (exact) mass is 235 g/mol. The minimum Gasteiger partial charge on any atom is -0.493 e. The first-order chi connectivity index (χ1) is 8.17. The summed E-state index contributed by atoms with van der Waals surface area (Å²) in [5.74, 6) is 1.56. The Balaban J connectivity index is 2.71. The van der Waals surface area contributed by atoms with Crippen LogP contribution < -0.4 is 14.8 Å². The number of methoxy groups -OCH3 is 1. The van der Waals surface area contributed by atoms with Crippen LogP contribution in [0.3, 0.4) is 0 Å². The SMILES string of the molecule is C=C(C)CCOc1cc(CNC)ccc1OC. The van der Waals surface area contributed by atoms with Crippen molar-refractivity contribution in [2.24, 2.45) is 0 Å². The molecule has 0 amide bonds. The number of benzene rings is 1. The summed E-state index contributed by atoms with van der Waals surface area (Å²) >= 11 is 0. The highest BCUT2D eigenvalue weighted by molar-refractivity contribution is 5.42. The predicted molar refractivity (Wildman–Crippen MR) is 70.7 cm³/mol. The maximum atomic E-state index is 5.71. The summed E-state index contributed by atoms with van der Waals surface area (Å²) in [7, 11) is 3.57. The largest absolute Gasteiger partial charge is 0.493 e. The van der Waals surface area contributed by atoms with E-state index in [0.29, 0.717) is 6.61 Å². The molecule has 0 aromatic heterocycles. The van der Waals surface area contributed by atoms with Gasteiger partial charge in [0.25, 0.3) is 0 Å². The van der Waals surface area contributed by atoms with Crippen molar-refractivity contribution in [3.63, 3.8) is 0 Å². The second kappa shape index (κ2) is 6.97. The fraction of sp³-hybridized carbons (Fsp3) is 0.429. The zero-order valence-electron chi connectivity index (χ0n) is 10.9. The van der Waals surface area contributed by atoms with Crippen molar-refractivity contribution in [2.45, 2.75) is 19.9 Å². The Labute approximate surface area is 103 Å². The molecule has 1 rings (SSSR count). The fourth-order valence-electron chi connectivity index (χ4n) is 1.48. The first kappa shape index (κ1) is 13.6. The Bertz CT molecular complexity index is 374. The van der Waals surface area contributed by atoms with Crippen molar-refractivity contribution in [1.82, 2.24) is 5.32 Å². The molecule has 0 spiro atoms. The lowest BCUT2D eigenvalue weighted by molar-refractivity contribution is 0.297. The lowest BCUT2D eigenvalue weighted by atomic mass is 10.2. The van der Waals surface area contributed by atoms with Gasteiger partial charge in [0, 0.05) is 13.0 Å². The molecule has 1 N–H and O–H groups in total. The Morgan fingerprint density at radius 3 is 2.71 bits per heavy atom. The number of hydrogen-bond acceptors (Lipinski definition) is 3. The van der Waals surface area contributed by atoms with Gasteiger partial charge in [-0.15, -0.1) is 6.58 Å². The molecule has 1 aromatic rings. The van der Waals surface area contributed by atoms with Crippen LogP contribution in [0.4, 0.5) is 0 Å². The third-order valence-electron chi connectivity index (χ3n) is 2.40. The minimum absolute atomic E-state index is 0.634. The zero-order valence-corrected chi connectivity index (χ0v) is 10.9. The second-order valence-corrected chi connectivity index (χ2v) is 4.07. The van der Waals surface area contributed by atoms with Gasteiger partial charge in [0.1, 0.15) is 0 Å². The van der Waals surface area contributed by atoms with Crippen molar-refractivity contribution in [1.29, 1.82) is 0 Å². The van der Waals surface area contributed by atoms with E-state index < -0.39 is 0 Å². The van der Waals surface area contributed by atoms with E-state index in [0.717, 1.165) is 30.0 Å². The zero-order chi connectivity index (χ0) is 12.7. The van der Waals surface area contributed by atoms with Crippen molar-refractivity contribution in [3.8, 4) is 11.5 Å². The van der Waals surface area contributed by atoms with Crippen LogP contribution in [0.15, 0.2) is 30.4 Å². The highest BCUT2D eigenvalue weighted by Crippen LogP contribution is 2.28.